The minimum absolute atomic E-state index is 0.469. The molecule has 3 nitrogen and oxygen atoms in total. The molecule has 1 aromatic heterocycles. The monoisotopic (exact) mass is 378 g/mol. The largest absolute Gasteiger partial charge is 0.494 e. The second-order valence-electron chi connectivity index (χ2n) is 5.25. The topological polar surface area (TPSA) is 48.1 Å². The summed E-state index contributed by atoms with van der Waals surface area (Å²) < 4.78 is 5.45. The molecular weight excluding hydrogens is 363 g/mol. The molecule has 0 spiro atoms. The van der Waals surface area contributed by atoms with E-state index in [-0.39, 0.29) is 0 Å². The van der Waals surface area contributed by atoms with E-state index in [1.54, 1.807) is 24.5 Å². The summed E-state index contributed by atoms with van der Waals surface area (Å²) in [7, 11) is 1.59. The molecule has 0 bridgehead atoms. The summed E-state index contributed by atoms with van der Waals surface area (Å²) >= 11 is 14.0. The van der Waals surface area contributed by atoms with E-state index in [4.69, 9.17) is 38.7 Å². The van der Waals surface area contributed by atoms with Crippen LogP contribution in [0.2, 0.25) is 10.0 Å². The number of aromatic nitrogens is 1. The molecule has 0 amide bonds. The molecule has 2 aromatic carbocycles. The van der Waals surface area contributed by atoms with Crippen molar-refractivity contribution in [3.8, 4) is 27.6 Å². The molecule has 1 heterocycles. The van der Waals surface area contributed by atoms with Crippen molar-refractivity contribution in [2.75, 3.05) is 7.11 Å². The lowest BCUT2D eigenvalue weighted by Crippen LogP contribution is -1.98. The molecule has 0 radical (unpaired) electrons. The normalized spacial score (nSPS) is 10.9. The first-order valence-electron chi connectivity index (χ1n) is 7.34. The second kappa shape index (κ2) is 7.11. The molecule has 0 aliphatic rings. The number of nitrogens with two attached hydrogens (primary N) is 1. The smallest absolute Gasteiger partial charge is 0.146 e. The Labute approximate surface area is 155 Å². The van der Waals surface area contributed by atoms with E-state index in [1.807, 2.05) is 37.3 Å². The summed E-state index contributed by atoms with van der Waals surface area (Å²) in [6.45, 7) is 2.49. The van der Waals surface area contributed by atoms with Gasteiger partial charge >= 0.3 is 0 Å². The Balaban J connectivity index is 2.17. The molecule has 24 heavy (non-hydrogen) atoms. The Morgan fingerprint density at radius 2 is 1.92 bits per heavy atom. The van der Waals surface area contributed by atoms with Gasteiger partial charge in [-0.15, -0.1) is 11.3 Å². The van der Waals surface area contributed by atoms with Gasteiger partial charge in [-0.3, -0.25) is 0 Å². The molecule has 0 fully saturated rings. The van der Waals surface area contributed by atoms with Gasteiger partial charge in [0.2, 0.25) is 0 Å². The van der Waals surface area contributed by atoms with Crippen molar-refractivity contribution in [1.82, 2.24) is 4.98 Å². The Hall–Kier alpha value is -1.59. The van der Waals surface area contributed by atoms with Crippen molar-refractivity contribution >= 4 is 34.5 Å². The molecule has 0 unspecified atom stereocenters. The molecule has 3 rings (SSSR count). The first kappa shape index (κ1) is 17.2. The summed E-state index contributed by atoms with van der Waals surface area (Å²) in [4.78, 5) is 5.88. The maximum absolute atomic E-state index is 6.26. The van der Waals surface area contributed by atoms with Gasteiger partial charge in [0.25, 0.3) is 0 Å². The van der Waals surface area contributed by atoms with Crippen LogP contribution >= 0.6 is 34.5 Å². The second-order valence-corrected chi connectivity index (χ2v) is 7.30. The van der Waals surface area contributed by atoms with Crippen molar-refractivity contribution in [3.05, 3.63) is 56.9 Å². The van der Waals surface area contributed by atoms with Gasteiger partial charge in [-0.25, -0.2) is 4.98 Å². The highest BCUT2D eigenvalue weighted by molar-refractivity contribution is 7.15. The van der Waals surface area contributed by atoms with Crippen LogP contribution in [0.5, 0.6) is 5.75 Å². The van der Waals surface area contributed by atoms with Crippen LogP contribution in [-0.2, 0) is 6.54 Å². The van der Waals surface area contributed by atoms with E-state index >= 15 is 0 Å². The van der Waals surface area contributed by atoms with E-state index in [2.05, 4.69) is 0 Å². The maximum Gasteiger partial charge on any atom is 0.146 e. The van der Waals surface area contributed by atoms with E-state index < -0.39 is 0 Å². The summed E-state index contributed by atoms with van der Waals surface area (Å²) in [6, 6.07) is 11.5. The zero-order chi connectivity index (χ0) is 17.3. The molecule has 0 aliphatic heterocycles. The minimum atomic E-state index is 0.469. The van der Waals surface area contributed by atoms with Crippen LogP contribution < -0.4 is 10.5 Å². The maximum atomic E-state index is 6.26. The fourth-order valence-electron chi connectivity index (χ4n) is 2.61. The fraction of sp³-hybridized carbons (Fsp3) is 0.167. The van der Waals surface area contributed by atoms with Gasteiger partial charge in [-0.2, -0.15) is 0 Å². The Bertz CT molecular complexity index is 893. The SMILES string of the molecule is COc1c(Cl)cc(Cl)cc1-c1nc(-c2ccccc2CN)sc1C. The quantitative estimate of drug-likeness (QED) is 0.646. The first-order chi connectivity index (χ1) is 11.5. The first-order valence-corrected chi connectivity index (χ1v) is 8.91. The number of hydrogen-bond acceptors (Lipinski definition) is 4. The number of nitrogens with zero attached hydrogens (tertiary/aromatic N) is 1. The average molecular weight is 379 g/mol. The van der Waals surface area contributed by atoms with E-state index in [1.165, 1.54) is 0 Å². The third-order valence-corrected chi connectivity index (χ3v) is 5.23. The number of aryl methyl sites for hydroxylation is 1. The summed E-state index contributed by atoms with van der Waals surface area (Å²) in [5, 5.41) is 1.94. The van der Waals surface area contributed by atoms with Crippen LogP contribution in [0.15, 0.2) is 36.4 Å². The molecule has 0 saturated heterocycles. The van der Waals surface area contributed by atoms with Crippen LogP contribution in [0.4, 0.5) is 0 Å². The summed E-state index contributed by atoms with van der Waals surface area (Å²) in [5.74, 6) is 0.577. The summed E-state index contributed by atoms with van der Waals surface area (Å²) in [5.41, 5.74) is 9.58. The zero-order valence-electron chi connectivity index (χ0n) is 13.3. The predicted molar refractivity (Wildman–Crippen MR) is 102 cm³/mol. The van der Waals surface area contributed by atoms with Gasteiger partial charge in [0, 0.05) is 27.6 Å². The van der Waals surface area contributed by atoms with Crippen LogP contribution in [0, 0.1) is 6.92 Å². The molecular formula is C18H16Cl2N2OS. The molecule has 3 aromatic rings. The van der Waals surface area contributed by atoms with Gasteiger partial charge in [0.15, 0.2) is 0 Å². The van der Waals surface area contributed by atoms with Crippen LogP contribution in [0.25, 0.3) is 21.8 Å². The van der Waals surface area contributed by atoms with Crippen LogP contribution in [-0.4, -0.2) is 12.1 Å². The predicted octanol–water partition coefficient (Wildman–Crippen LogP) is 5.56. The van der Waals surface area contributed by atoms with E-state index in [0.29, 0.717) is 22.3 Å². The van der Waals surface area contributed by atoms with Gasteiger partial charge in [-0.05, 0) is 24.6 Å². The fourth-order valence-corrected chi connectivity index (χ4v) is 4.17. The third-order valence-electron chi connectivity index (χ3n) is 3.73. The zero-order valence-corrected chi connectivity index (χ0v) is 15.6. The lowest BCUT2D eigenvalue weighted by molar-refractivity contribution is 0.416. The molecule has 0 atom stereocenters. The van der Waals surface area contributed by atoms with Gasteiger partial charge < -0.3 is 10.5 Å². The standard InChI is InChI=1S/C18H16Cl2N2OS/c1-10-16(14-7-12(19)8-15(20)17(14)23-2)22-18(24-10)13-6-4-3-5-11(13)9-21/h3-8H,9,21H2,1-2H3. The van der Waals surface area contributed by atoms with Crippen LogP contribution in [0.1, 0.15) is 10.4 Å². The Morgan fingerprint density at radius 3 is 2.62 bits per heavy atom. The van der Waals surface area contributed by atoms with Crippen molar-refractivity contribution < 1.29 is 4.74 Å². The number of ether oxygens (including phenoxy) is 1. The average Bonchev–Trinajstić information content (AvgIpc) is 2.95. The number of benzene rings is 2. The summed E-state index contributed by atoms with van der Waals surface area (Å²) in [6.07, 6.45) is 0. The lowest BCUT2D eigenvalue weighted by Gasteiger charge is -2.10. The van der Waals surface area contributed by atoms with Crippen LogP contribution in [0.3, 0.4) is 0 Å². The van der Waals surface area contributed by atoms with Crippen molar-refractivity contribution in [1.29, 1.82) is 0 Å². The van der Waals surface area contributed by atoms with Gasteiger partial charge in [0.05, 0.1) is 17.8 Å². The van der Waals surface area contributed by atoms with Crippen molar-refractivity contribution in [2.45, 2.75) is 13.5 Å². The van der Waals surface area contributed by atoms with Crippen molar-refractivity contribution in [3.63, 3.8) is 0 Å². The highest BCUT2D eigenvalue weighted by atomic mass is 35.5. The molecule has 6 heteroatoms. The lowest BCUT2D eigenvalue weighted by atomic mass is 10.1. The minimum Gasteiger partial charge on any atom is -0.494 e. The number of methoxy groups -OCH3 is 1. The molecule has 2 N–H and O–H groups in total. The highest BCUT2D eigenvalue weighted by Gasteiger charge is 2.19. The molecule has 0 saturated carbocycles. The Kier molecular flexibility index (Phi) is 5.11. The number of halogens is 2. The third kappa shape index (κ3) is 3.15. The Morgan fingerprint density at radius 1 is 1.17 bits per heavy atom. The molecule has 0 aliphatic carbocycles. The van der Waals surface area contributed by atoms with Gasteiger partial charge in [0.1, 0.15) is 10.8 Å². The number of thiazole rings is 1. The van der Waals surface area contributed by atoms with E-state index in [0.717, 1.165) is 32.3 Å². The molecule has 124 valence electrons. The van der Waals surface area contributed by atoms with E-state index in [9.17, 15) is 0 Å². The van der Waals surface area contributed by atoms with Crippen molar-refractivity contribution in [2.24, 2.45) is 5.73 Å². The number of rotatable bonds is 4. The number of hydrogen-bond donors (Lipinski definition) is 1. The highest BCUT2D eigenvalue weighted by Crippen LogP contribution is 2.42. The van der Waals surface area contributed by atoms with Gasteiger partial charge in [-0.1, -0.05) is 47.5 Å².